The van der Waals surface area contributed by atoms with Crippen LogP contribution in [0.15, 0.2) is 48.5 Å². The molecule has 7 nitrogen and oxygen atoms in total. The van der Waals surface area contributed by atoms with E-state index >= 15 is 0 Å². The van der Waals surface area contributed by atoms with Crippen LogP contribution >= 0.6 is 0 Å². The summed E-state index contributed by atoms with van der Waals surface area (Å²) in [5.41, 5.74) is 0.778. The van der Waals surface area contributed by atoms with Crippen LogP contribution in [-0.4, -0.2) is 36.4 Å². The van der Waals surface area contributed by atoms with Crippen LogP contribution in [-0.2, 0) is 0 Å². The van der Waals surface area contributed by atoms with Gasteiger partial charge in [0, 0.05) is 18.7 Å². The number of aliphatic hydroxyl groups is 1. The van der Waals surface area contributed by atoms with E-state index in [1.165, 1.54) is 24.3 Å². The summed E-state index contributed by atoms with van der Waals surface area (Å²) in [5.74, 6) is 1.16. The highest BCUT2D eigenvalue weighted by molar-refractivity contribution is 5.56. The molecular weight excluding hydrogens is 300 g/mol. The number of rotatable bonds is 8. The van der Waals surface area contributed by atoms with E-state index in [1.807, 2.05) is 24.3 Å². The largest absolute Gasteiger partial charge is 0.495 e. The molecule has 0 radical (unpaired) electrons. The lowest BCUT2D eigenvalue weighted by Gasteiger charge is -2.15. The molecule has 0 fully saturated rings. The number of nitro groups is 1. The van der Waals surface area contributed by atoms with Gasteiger partial charge in [0.05, 0.1) is 17.7 Å². The number of hydrogen-bond donors (Lipinski definition) is 2. The van der Waals surface area contributed by atoms with Crippen molar-refractivity contribution in [2.24, 2.45) is 0 Å². The smallest absolute Gasteiger partial charge is 0.269 e. The van der Waals surface area contributed by atoms with Crippen molar-refractivity contribution in [1.82, 2.24) is 0 Å². The van der Waals surface area contributed by atoms with Crippen molar-refractivity contribution in [1.29, 1.82) is 0 Å². The Morgan fingerprint density at radius 3 is 2.57 bits per heavy atom. The molecule has 2 N–H and O–H groups in total. The van der Waals surface area contributed by atoms with Gasteiger partial charge in [-0.1, -0.05) is 12.1 Å². The quantitative estimate of drug-likeness (QED) is 0.573. The highest BCUT2D eigenvalue weighted by Crippen LogP contribution is 2.23. The molecule has 0 saturated heterocycles. The third kappa shape index (κ3) is 4.86. The fraction of sp³-hybridized carbons (Fsp3) is 0.250. The highest BCUT2D eigenvalue weighted by Gasteiger charge is 2.09. The number of hydrogen-bond acceptors (Lipinski definition) is 6. The molecule has 1 atom stereocenters. The number of aliphatic hydroxyl groups excluding tert-OH is 1. The first kappa shape index (κ1) is 16.6. The van der Waals surface area contributed by atoms with Gasteiger partial charge in [-0.25, -0.2) is 0 Å². The number of ether oxygens (including phenoxy) is 2. The van der Waals surface area contributed by atoms with Crippen molar-refractivity contribution in [3.63, 3.8) is 0 Å². The molecule has 2 aromatic carbocycles. The van der Waals surface area contributed by atoms with Crippen LogP contribution in [0, 0.1) is 10.1 Å². The number of benzene rings is 2. The van der Waals surface area contributed by atoms with Crippen molar-refractivity contribution >= 4 is 11.4 Å². The van der Waals surface area contributed by atoms with Crippen molar-refractivity contribution < 1.29 is 19.5 Å². The van der Waals surface area contributed by atoms with Crippen LogP contribution in [0.3, 0.4) is 0 Å². The Kier molecular flexibility index (Phi) is 5.76. The topological polar surface area (TPSA) is 93.9 Å². The van der Waals surface area contributed by atoms with E-state index in [0.717, 1.165) is 5.69 Å². The summed E-state index contributed by atoms with van der Waals surface area (Å²) < 4.78 is 10.6. The Balaban J connectivity index is 1.80. The second-order valence-electron chi connectivity index (χ2n) is 4.80. The lowest BCUT2D eigenvalue weighted by molar-refractivity contribution is -0.384. The molecule has 23 heavy (non-hydrogen) atoms. The monoisotopic (exact) mass is 318 g/mol. The van der Waals surface area contributed by atoms with Crippen molar-refractivity contribution in [3.05, 3.63) is 58.6 Å². The Labute approximate surface area is 133 Å². The third-order valence-electron chi connectivity index (χ3n) is 3.13. The maximum Gasteiger partial charge on any atom is 0.269 e. The second-order valence-corrected chi connectivity index (χ2v) is 4.80. The molecule has 7 heteroatoms. The van der Waals surface area contributed by atoms with E-state index in [2.05, 4.69) is 5.32 Å². The number of para-hydroxylation sites is 2. The average molecular weight is 318 g/mol. The van der Waals surface area contributed by atoms with Crippen LogP contribution in [0.25, 0.3) is 0 Å². The predicted octanol–water partition coefficient (Wildman–Crippen LogP) is 2.46. The minimum Gasteiger partial charge on any atom is -0.495 e. The normalized spacial score (nSPS) is 11.6. The van der Waals surface area contributed by atoms with Crippen LogP contribution in [0.2, 0.25) is 0 Å². The molecule has 1 unspecified atom stereocenters. The maximum atomic E-state index is 10.6. The molecule has 0 aliphatic carbocycles. The first-order valence-electron chi connectivity index (χ1n) is 7.02. The summed E-state index contributed by atoms with van der Waals surface area (Å²) in [5, 5.41) is 23.6. The molecule has 122 valence electrons. The van der Waals surface area contributed by atoms with Gasteiger partial charge in [-0.2, -0.15) is 0 Å². The van der Waals surface area contributed by atoms with Gasteiger partial charge in [-0.05, 0) is 24.3 Å². The van der Waals surface area contributed by atoms with E-state index in [4.69, 9.17) is 9.47 Å². The minimum absolute atomic E-state index is 0.00395. The molecule has 2 rings (SSSR count). The number of nitro benzene ring substituents is 1. The molecule has 0 saturated carbocycles. The fourth-order valence-corrected chi connectivity index (χ4v) is 1.93. The molecule has 0 spiro atoms. The second kappa shape index (κ2) is 8.00. The van der Waals surface area contributed by atoms with E-state index in [1.54, 1.807) is 7.11 Å². The van der Waals surface area contributed by atoms with Crippen LogP contribution in [0.4, 0.5) is 11.4 Å². The van der Waals surface area contributed by atoms with Gasteiger partial charge < -0.3 is 19.9 Å². The summed E-state index contributed by atoms with van der Waals surface area (Å²) in [7, 11) is 1.58. The maximum absolute atomic E-state index is 10.6. The van der Waals surface area contributed by atoms with Crippen molar-refractivity contribution in [2.75, 3.05) is 25.6 Å². The van der Waals surface area contributed by atoms with Gasteiger partial charge in [-0.3, -0.25) is 10.1 Å². The minimum atomic E-state index is -0.741. The number of nitrogens with one attached hydrogen (secondary N) is 1. The van der Waals surface area contributed by atoms with Crippen molar-refractivity contribution in [2.45, 2.75) is 6.10 Å². The number of anilines is 1. The van der Waals surface area contributed by atoms with Gasteiger partial charge in [0.2, 0.25) is 0 Å². The van der Waals surface area contributed by atoms with Crippen molar-refractivity contribution in [3.8, 4) is 11.5 Å². The zero-order valence-electron chi connectivity index (χ0n) is 12.6. The molecule has 0 aliphatic rings. The lowest BCUT2D eigenvalue weighted by Crippen LogP contribution is -2.26. The number of nitrogens with zero attached hydrogens (tertiary/aromatic N) is 1. The summed E-state index contributed by atoms with van der Waals surface area (Å²) >= 11 is 0. The zero-order chi connectivity index (χ0) is 16.7. The van der Waals surface area contributed by atoms with Gasteiger partial charge in [0.15, 0.2) is 0 Å². The molecule has 0 bridgehead atoms. The fourth-order valence-electron chi connectivity index (χ4n) is 1.93. The molecule has 0 amide bonds. The zero-order valence-corrected chi connectivity index (χ0v) is 12.6. The van der Waals surface area contributed by atoms with E-state index in [0.29, 0.717) is 11.5 Å². The number of methoxy groups -OCH3 is 1. The first-order valence-corrected chi connectivity index (χ1v) is 7.02. The Bertz CT molecular complexity index is 645. The van der Waals surface area contributed by atoms with E-state index < -0.39 is 11.0 Å². The Morgan fingerprint density at radius 1 is 1.22 bits per heavy atom. The van der Waals surface area contributed by atoms with Crippen LogP contribution in [0.5, 0.6) is 11.5 Å². The van der Waals surface area contributed by atoms with Crippen LogP contribution in [0.1, 0.15) is 0 Å². The van der Waals surface area contributed by atoms with Gasteiger partial charge in [0.25, 0.3) is 5.69 Å². The summed E-state index contributed by atoms with van der Waals surface area (Å²) in [4.78, 5) is 10.1. The molecule has 2 aromatic rings. The summed E-state index contributed by atoms with van der Waals surface area (Å²) in [6.07, 6.45) is -0.741. The van der Waals surface area contributed by atoms with Gasteiger partial charge in [0.1, 0.15) is 24.2 Å². The first-order chi connectivity index (χ1) is 11.1. The molecule has 0 heterocycles. The van der Waals surface area contributed by atoms with E-state index in [-0.39, 0.29) is 18.8 Å². The predicted molar refractivity (Wildman–Crippen MR) is 86.1 cm³/mol. The Hall–Kier alpha value is -2.80. The number of non-ortho nitro benzene ring substituents is 1. The van der Waals surface area contributed by atoms with Gasteiger partial charge in [-0.15, -0.1) is 0 Å². The molecule has 0 aromatic heterocycles. The summed E-state index contributed by atoms with van der Waals surface area (Å²) in [6, 6.07) is 13.1. The third-order valence-corrected chi connectivity index (χ3v) is 3.13. The SMILES string of the molecule is COc1ccccc1NCC(O)COc1ccc([N+](=O)[O-])cc1. The van der Waals surface area contributed by atoms with Crippen LogP contribution < -0.4 is 14.8 Å². The van der Waals surface area contributed by atoms with E-state index in [9.17, 15) is 15.2 Å². The standard InChI is InChI=1S/C16H18N2O5/c1-22-16-5-3-2-4-15(16)17-10-13(19)11-23-14-8-6-12(7-9-14)18(20)21/h2-9,13,17,19H,10-11H2,1H3. The molecular formula is C16H18N2O5. The van der Waals surface area contributed by atoms with Gasteiger partial charge >= 0.3 is 0 Å². The highest BCUT2D eigenvalue weighted by atomic mass is 16.6. The lowest BCUT2D eigenvalue weighted by atomic mass is 10.2. The average Bonchev–Trinajstić information content (AvgIpc) is 2.58. The Morgan fingerprint density at radius 2 is 1.91 bits per heavy atom. The summed E-state index contributed by atoms with van der Waals surface area (Å²) in [6.45, 7) is 0.354. The molecule has 0 aliphatic heterocycles.